The van der Waals surface area contributed by atoms with Crippen LogP contribution in [0.1, 0.15) is 11.1 Å². The zero-order valence-corrected chi connectivity index (χ0v) is 7.56. The quantitative estimate of drug-likeness (QED) is 0.317. The van der Waals surface area contributed by atoms with Crippen LogP contribution in [0.15, 0.2) is 23.2 Å². The van der Waals surface area contributed by atoms with Crippen molar-refractivity contribution in [2.45, 2.75) is 13.5 Å². The molecule has 0 radical (unpaired) electrons. The van der Waals surface area contributed by atoms with E-state index in [1.165, 1.54) is 12.1 Å². The summed E-state index contributed by atoms with van der Waals surface area (Å²) in [5, 5.41) is 10.5. The van der Waals surface area contributed by atoms with E-state index in [4.69, 9.17) is 0 Å². The number of isocyanates is 1. The Morgan fingerprint density at radius 1 is 1.57 bits per heavy atom. The van der Waals surface area contributed by atoms with Crippen molar-refractivity contribution in [3.63, 3.8) is 0 Å². The molecule has 0 aromatic heterocycles. The fourth-order valence-electron chi connectivity index (χ4n) is 1.07. The minimum Gasteiger partial charge on any atom is -0.258 e. The lowest BCUT2D eigenvalue weighted by Crippen LogP contribution is -1.93. The molecule has 0 aliphatic carbocycles. The number of nitro benzene ring substituents is 1. The van der Waals surface area contributed by atoms with Gasteiger partial charge in [-0.05, 0) is 12.5 Å². The number of carbonyl (C=O) groups excluding carboxylic acids is 1. The van der Waals surface area contributed by atoms with Crippen LogP contribution in [0, 0.1) is 17.0 Å². The van der Waals surface area contributed by atoms with Crippen molar-refractivity contribution in [1.29, 1.82) is 0 Å². The molecule has 14 heavy (non-hydrogen) atoms. The van der Waals surface area contributed by atoms with Crippen molar-refractivity contribution in [3.05, 3.63) is 39.4 Å². The van der Waals surface area contributed by atoms with E-state index in [0.717, 1.165) is 0 Å². The number of aryl methyl sites for hydroxylation is 1. The van der Waals surface area contributed by atoms with E-state index < -0.39 is 4.92 Å². The van der Waals surface area contributed by atoms with Crippen molar-refractivity contribution in [1.82, 2.24) is 0 Å². The van der Waals surface area contributed by atoms with Gasteiger partial charge in [0.25, 0.3) is 5.69 Å². The molecule has 0 spiro atoms. The highest BCUT2D eigenvalue weighted by atomic mass is 16.6. The van der Waals surface area contributed by atoms with Gasteiger partial charge in [-0.2, -0.15) is 0 Å². The molecule has 0 amide bonds. The van der Waals surface area contributed by atoms with Gasteiger partial charge >= 0.3 is 0 Å². The van der Waals surface area contributed by atoms with Crippen molar-refractivity contribution in [2.75, 3.05) is 0 Å². The Balaban J connectivity index is 3.06. The Morgan fingerprint density at radius 3 is 2.86 bits per heavy atom. The topological polar surface area (TPSA) is 72.6 Å². The first-order valence-electron chi connectivity index (χ1n) is 3.92. The first-order chi connectivity index (χ1) is 6.65. The Labute approximate surface area is 80.2 Å². The van der Waals surface area contributed by atoms with Gasteiger partial charge in [0.15, 0.2) is 0 Å². The fraction of sp³-hybridized carbons (Fsp3) is 0.222. The average molecular weight is 192 g/mol. The molecule has 1 aromatic rings. The SMILES string of the molecule is Cc1ccc(CN=C=O)cc1[N+](=O)[O-]. The van der Waals surface area contributed by atoms with Crippen molar-refractivity contribution in [3.8, 4) is 0 Å². The molecule has 0 N–H and O–H groups in total. The number of hydrogen-bond acceptors (Lipinski definition) is 4. The molecule has 5 heteroatoms. The van der Waals surface area contributed by atoms with Crippen LogP contribution >= 0.6 is 0 Å². The summed E-state index contributed by atoms with van der Waals surface area (Å²) in [6.45, 7) is 1.79. The molecular formula is C9H8N2O3. The van der Waals surface area contributed by atoms with Gasteiger partial charge < -0.3 is 0 Å². The third kappa shape index (κ3) is 2.24. The van der Waals surface area contributed by atoms with Crippen LogP contribution < -0.4 is 0 Å². The Morgan fingerprint density at radius 2 is 2.29 bits per heavy atom. The standard InChI is InChI=1S/C9H8N2O3/c1-7-2-3-8(5-10-6-12)4-9(7)11(13)14/h2-4H,5H2,1H3. The van der Waals surface area contributed by atoms with Crippen LogP contribution in [0.2, 0.25) is 0 Å². The van der Waals surface area contributed by atoms with Crippen LogP contribution in [0.25, 0.3) is 0 Å². The molecule has 1 rings (SSSR count). The van der Waals surface area contributed by atoms with Crippen LogP contribution in [0.3, 0.4) is 0 Å². The van der Waals surface area contributed by atoms with Gasteiger partial charge in [0.1, 0.15) is 0 Å². The van der Waals surface area contributed by atoms with Gasteiger partial charge in [-0.3, -0.25) is 10.1 Å². The van der Waals surface area contributed by atoms with Gasteiger partial charge in [0, 0.05) is 11.6 Å². The summed E-state index contributed by atoms with van der Waals surface area (Å²) in [7, 11) is 0. The zero-order chi connectivity index (χ0) is 10.6. The Kier molecular flexibility index (Phi) is 3.09. The molecule has 0 fully saturated rings. The van der Waals surface area contributed by atoms with Crippen LogP contribution in [0.4, 0.5) is 5.69 Å². The molecule has 0 heterocycles. The smallest absolute Gasteiger partial charge is 0.258 e. The predicted octanol–water partition coefficient (Wildman–Crippen LogP) is 1.74. The van der Waals surface area contributed by atoms with E-state index in [9.17, 15) is 14.9 Å². The first-order valence-corrected chi connectivity index (χ1v) is 3.92. The third-order valence-electron chi connectivity index (χ3n) is 1.80. The number of aliphatic imine (C=N–C) groups is 1. The molecule has 0 unspecified atom stereocenters. The summed E-state index contributed by atoms with van der Waals surface area (Å²) in [5.41, 5.74) is 1.27. The monoisotopic (exact) mass is 192 g/mol. The summed E-state index contributed by atoms with van der Waals surface area (Å²) in [6, 6.07) is 4.74. The van der Waals surface area contributed by atoms with Crippen molar-refractivity contribution in [2.24, 2.45) is 4.99 Å². The molecule has 0 aliphatic rings. The first kappa shape index (κ1) is 10.1. The lowest BCUT2D eigenvalue weighted by molar-refractivity contribution is -0.385. The van der Waals surface area contributed by atoms with E-state index in [1.54, 1.807) is 19.1 Å². The van der Waals surface area contributed by atoms with Crippen molar-refractivity contribution >= 4 is 11.8 Å². The zero-order valence-electron chi connectivity index (χ0n) is 7.56. The molecule has 5 nitrogen and oxygen atoms in total. The maximum Gasteiger partial charge on any atom is 0.272 e. The second kappa shape index (κ2) is 4.30. The summed E-state index contributed by atoms with van der Waals surface area (Å²) in [5.74, 6) is 0. The molecule has 0 saturated carbocycles. The van der Waals surface area contributed by atoms with Crippen LogP contribution in [0.5, 0.6) is 0 Å². The highest BCUT2D eigenvalue weighted by Gasteiger charge is 2.10. The number of benzene rings is 1. The molecule has 0 bridgehead atoms. The lowest BCUT2D eigenvalue weighted by atomic mass is 10.1. The second-order valence-corrected chi connectivity index (χ2v) is 2.79. The van der Waals surface area contributed by atoms with Gasteiger partial charge in [-0.1, -0.05) is 12.1 Å². The molecule has 72 valence electrons. The Hall–Kier alpha value is -2.00. The van der Waals surface area contributed by atoms with E-state index in [0.29, 0.717) is 11.1 Å². The van der Waals surface area contributed by atoms with E-state index >= 15 is 0 Å². The third-order valence-corrected chi connectivity index (χ3v) is 1.80. The van der Waals surface area contributed by atoms with E-state index in [2.05, 4.69) is 4.99 Å². The van der Waals surface area contributed by atoms with Gasteiger partial charge in [0.05, 0.1) is 11.5 Å². The number of hydrogen-bond donors (Lipinski definition) is 0. The molecule has 1 aromatic carbocycles. The molecular weight excluding hydrogens is 184 g/mol. The summed E-state index contributed by atoms with van der Waals surface area (Å²) >= 11 is 0. The van der Waals surface area contributed by atoms with Crippen LogP contribution in [-0.2, 0) is 11.3 Å². The Bertz CT molecular complexity index is 409. The summed E-state index contributed by atoms with van der Waals surface area (Å²) in [4.78, 5) is 23.3. The van der Waals surface area contributed by atoms with Crippen LogP contribution in [-0.4, -0.2) is 11.0 Å². The number of nitrogens with zero attached hydrogens (tertiary/aromatic N) is 2. The highest BCUT2D eigenvalue weighted by Crippen LogP contribution is 2.19. The minimum absolute atomic E-state index is 0.0450. The molecule has 0 aliphatic heterocycles. The maximum atomic E-state index is 10.5. The lowest BCUT2D eigenvalue weighted by Gasteiger charge is -1.98. The highest BCUT2D eigenvalue weighted by molar-refractivity contribution is 5.43. The molecule has 0 atom stereocenters. The van der Waals surface area contributed by atoms with Gasteiger partial charge in [-0.15, -0.1) is 0 Å². The van der Waals surface area contributed by atoms with Crippen molar-refractivity contribution < 1.29 is 9.72 Å². The van der Waals surface area contributed by atoms with E-state index in [-0.39, 0.29) is 12.2 Å². The summed E-state index contributed by atoms with van der Waals surface area (Å²) < 4.78 is 0. The average Bonchev–Trinajstić information content (AvgIpc) is 2.16. The summed E-state index contributed by atoms with van der Waals surface area (Å²) in [6.07, 6.45) is 1.38. The largest absolute Gasteiger partial charge is 0.272 e. The second-order valence-electron chi connectivity index (χ2n) is 2.79. The van der Waals surface area contributed by atoms with Gasteiger partial charge in [0.2, 0.25) is 6.08 Å². The molecule has 0 saturated heterocycles. The minimum atomic E-state index is -0.455. The van der Waals surface area contributed by atoms with E-state index in [1.807, 2.05) is 0 Å². The number of rotatable bonds is 3. The van der Waals surface area contributed by atoms with Gasteiger partial charge in [-0.25, -0.2) is 9.79 Å². The number of nitro groups is 1. The normalized spacial score (nSPS) is 9.21. The predicted molar refractivity (Wildman–Crippen MR) is 49.7 cm³/mol. The maximum absolute atomic E-state index is 10.5. The fourth-order valence-corrected chi connectivity index (χ4v) is 1.07.